The summed E-state index contributed by atoms with van der Waals surface area (Å²) in [5, 5.41) is 95.8. The minimum absolute atomic E-state index is 0.215. The number of hydrogen-bond donors (Lipinski definition) is 16. The van der Waals surface area contributed by atoms with E-state index in [-0.39, 0.29) is 11.5 Å². The summed E-state index contributed by atoms with van der Waals surface area (Å²) in [6, 6.07) is -10.5. The van der Waals surface area contributed by atoms with Crippen LogP contribution in [0.1, 0.15) is 47.5 Å². The Balaban J connectivity index is 2.21. The number of carbonyl (C=O) groups is 10. The van der Waals surface area contributed by atoms with Gasteiger partial charge in [-0.15, -0.1) is 0 Å². The summed E-state index contributed by atoms with van der Waals surface area (Å²) in [5.41, 5.74) is 5.51. The fraction of sp³-hybridized carbons (Fsp3) is 0.737. The lowest BCUT2D eigenvalue weighted by molar-refractivity contribution is -0.333. The van der Waals surface area contributed by atoms with Crippen molar-refractivity contribution in [2.45, 2.75) is 145 Å². The van der Waals surface area contributed by atoms with E-state index in [9.17, 15) is 78.6 Å². The Labute approximate surface area is 397 Å². The normalized spacial score (nSPS) is 27.1. The average Bonchev–Trinajstić information content (AvgIpc) is 3.27. The molecule has 16 atom stereocenters. The van der Waals surface area contributed by atoms with Gasteiger partial charge >= 0.3 is 17.9 Å². The Hall–Kier alpha value is -5.35. The van der Waals surface area contributed by atoms with Crippen LogP contribution in [0.3, 0.4) is 0 Å². The third kappa shape index (κ3) is 18.8. The third-order valence-corrected chi connectivity index (χ3v) is 11.4. The van der Waals surface area contributed by atoms with Gasteiger partial charge in [0, 0.05) is 31.8 Å². The Morgan fingerprint density at radius 2 is 1.25 bits per heavy atom. The van der Waals surface area contributed by atoms with Crippen molar-refractivity contribution < 1.29 is 108 Å². The molecule has 7 amide bonds. The number of amides is 7. The maximum Gasteiger partial charge on any atom is 0.326 e. The number of aliphatic hydroxyl groups excluding tert-OH is 5. The fourth-order valence-corrected chi connectivity index (χ4v) is 7.58. The topological polar surface area (TPSA) is 480 Å². The monoisotopic (exact) mass is 1010 g/mol. The van der Waals surface area contributed by atoms with Gasteiger partial charge in [-0.2, -0.15) is 11.8 Å². The van der Waals surface area contributed by atoms with Gasteiger partial charge < -0.3 is 103 Å². The van der Waals surface area contributed by atoms with Crippen LogP contribution >= 0.6 is 11.8 Å². The Kier molecular flexibility index (Phi) is 24.6. The number of nitrogens with two attached hydrogens (primary N) is 1. The zero-order valence-corrected chi connectivity index (χ0v) is 38.8. The van der Waals surface area contributed by atoms with E-state index in [1.165, 1.54) is 6.92 Å². The first-order valence-electron chi connectivity index (χ1n) is 21.1. The van der Waals surface area contributed by atoms with E-state index < -0.39 is 189 Å². The zero-order valence-electron chi connectivity index (χ0n) is 38.0. The number of carboxylic acid groups (broad SMARTS) is 3. The van der Waals surface area contributed by atoms with Crippen LogP contribution in [0.15, 0.2) is 0 Å². The number of aliphatic hydroxyl groups is 5. The van der Waals surface area contributed by atoms with Crippen LogP contribution in [-0.2, 0) is 66.9 Å². The van der Waals surface area contributed by atoms with Gasteiger partial charge in [0.25, 0.3) is 0 Å². The number of thioether (sulfide) groups is 1. The van der Waals surface area contributed by atoms with E-state index in [0.29, 0.717) is 0 Å². The molecule has 17 N–H and O–H groups in total. The van der Waals surface area contributed by atoms with Crippen LogP contribution < -0.4 is 43.0 Å². The molecule has 2 saturated heterocycles. The molecule has 30 nitrogen and oxygen atoms in total. The van der Waals surface area contributed by atoms with Crippen molar-refractivity contribution >= 4 is 71.0 Å². The number of nitrogens with one attached hydrogen (secondary N) is 7. The molecule has 0 radical (unpaired) electrons. The number of rotatable bonds is 27. The van der Waals surface area contributed by atoms with Crippen LogP contribution in [-0.4, -0.2) is 229 Å². The molecule has 2 fully saturated rings. The van der Waals surface area contributed by atoms with Gasteiger partial charge in [-0.05, 0) is 27.2 Å². The Bertz CT molecular complexity index is 1840. The largest absolute Gasteiger partial charge is 0.480 e. The molecule has 0 bridgehead atoms. The Morgan fingerprint density at radius 1 is 0.667 bits per heavy atom. The molecule has 16 unspecified atom stereocenters. The van der Waals surface area contributed by atoms with Crippen LogP contribution in [0.4, 0.5) is 0 Å². The van der Waals surface area contributed by atoms with Crippen molar-refractivity contribution in [2.24, 2.45) is 5.73 Å². The van der Waals surface area contributed by atoms with Crippen LogP contribution in [0.5, 0.6) is 0 Å². The molecule has 0 spiro atoms. The number of ether oxygens (including phenoxy) is 4. The standard InChI is InChI=1S/C38H62N8O22S/c1-13(31(56)40-8-24(52)53)42-34(59)20(12-69-11-18(39)35(60)61)45-23(51)7-6-19(36(62)63)46-32(57)14(2)41-33(58)15(3)65-30-26(44-17(5)50)37(64)66-22(10-48)29(30)68-38-25(43-16(4)49)28(55)27(54)21(9-47)67-38/h13-15,18-22,25-30,37-38,47-48,54-55,64H,6-12,39H2,1-5H3,(H,40,56)(H,41,58)(H,42,59)(H,43,49)(H,44,50)(H,45,51)(H,46,57)(H,52,53)(H,60,61)(H,62,63). The van der Waals surface area contributed by atoms with Gasteiger partial charge in [-0.1, -0.05) is 0 Å². The summed E-state index contributed by atoms with van der Waals surface area (Å²) < 4.78 is 23.1. The SMILES string of the molecule is CC(=O)NC1C(OC2C(CO)OC(O)C(NC(C)=O)C2OC(C)C(=O)NC(C)C(=O)NC(CCC(=O)NC(CSCC(N)C(=O)O)C(=O)NC(C)C(=O)NCC(=O)O)C(=O)O)OC(CO)C(O)C1O. The van der Waals surface area contributed by atoms with Crippen LogP contribution in [0, 0.1) is 0 Å². The first-order chi connectivity index (χ1) is 32.2. The number of carbonyl (C=O) groups excluding carboxylic acids is 7. The number of aliphatic carboxylic acids is 3. The predicted molar refractivity (Wildman–Crippen MR) is 230 cm³/mol. The molecule has 0 aliphatic carbocycles. The average molecular weight is 1020 g/mol. The second-order valence-corrected chi connectivity index (χ2v) is 16.9. The summed E-state index contributed by atoms with van der Waals surface area (Å²) in [6.07, 6.45) is -16.3. The number of hydrogen-bond acceptors (Lipinski definition) is 21. The molecule has 2 aliphatic heterocycles. The maximum atomic E-state index is 13.5. The highest BCUT2D eigenvalue weighted by Crippen LogP contribution is 2.31. The van der Waals surface area contributed by atoms with E-state index in [4.69, 9.17) is 34.9 Å². The van der Waals surface area contributed by atoms with Gasteiger partial charge in [0.05, 0.1) is 13.2 Å². The smallest absolute Gasteiger partial charge is 0.326 e. The third-order valence-electron chi connectivity index (χ3n) is 10.2. The molecular formula is C38H62N8O22S. The second kappa shape index (κ2) is 28.3. The second-order valence-electron chi connectivity index (χ2n) is 15.9. The Morgan fingerprint density at radius 3 is 1.80 bits per heavy atom. The summed E-state index contributed by atoms with van der Waals surface area (Å²) >= 11 is 0.843. The lowest BCUT2D eigenvalue weighted by Crippen LogP contribution is -2.70. The summed E-state index contributed by atoms with van der Waals surface area (Å²) in [4.78, 5) is 123. The molecular weight excluding hydrogens is 953 g/mol. The maximum absolute atomic E-state index is 13.5. The molecule has 2 rings (SSSR count). The van der Waals surface area contributed by atoms with Gasteiger partial charge in [0.2, 0.25) is 41.4 Å². The summed E-state index contributed by atoms with van der Waals surface area (Å²) in [5.74, 6) is -11.2. The molecule has 0 aromatic heterocycles. The van der Waals surface area contributed by atoms with Gasteiger partial charge in [0.1, 0.15) is 91.6 Å². The minimum Gasteiger partial charge on any atom is -0.480 e. The first-order valence-corrected chi connectivity index (χ1v) is 22.3. The molecule has 69 heavy (non-hydrogen) atoms. The van der Waals surface area contributed by atoms with Crippen molar-refractivity contribution in [2.75, 3.05) is 31.3 Å². The molecule has 2 heterocycles. The minimum atomic E-state index is -1.92. The molecule has 0 aromatic rings. The highest BCUT2D eigenvalue weighted by atomic mass is 32.2. The summed E-state index contributed by atoms with van der Waals surface area (Å²) in [7, 11) is 0. The summed E-state index contributed by atoms with van der Waals surface area (Å²) in [6.45, 7) is 3.16. The van der Waals surface area contributed by atoms with Gasteiger partial charge in [0.15, 0.2) is 12.6 Å². The molecule has 2 aliphatic rings. The van der Waals surface area contributed by atoms with Gasteiger partial charge in [-0.25, -0.2) is 4.79 Å². The lowest BCUT2D eigenvalue weighted by Gasteiger charge is -2.48. The van der Waals surface area contributed by atoms with Crippen LogP contribution in [0.25, 0.3) is 0 Å². The highest BCUT2D eigenvalue weighted by molar-refractivity contribution is 7.99. The van der Waals surface area contributed by atoms with E-state index in [1.807, 2.05) is 0 Å². The zero-order chi connectivity index (χ0) is 52.4. The van der Waals surface area contributed by atoms with Gasteiger partial charge in [-0.3, -0.25) is 43.2 Å². The molecule has 0 saturated carbocycles. The first kappa shape index (κ1) is 59.8. The quantitative estimate of drug-likeness (QED) is 0.0363. The van der Waals surface area contributed by atoms with Crippen molar-refractivity contribution in [3.63, 3.8) is 0 Å². The lowest BCUT2D eigenvalue weighted by atomic mass is 9.94. The number of carboxylic acids is 3. The van der Waals surface area contributed by atoms with Crippen LogP contribution in [0.2, 0.25) is 0 Å². The van der Waals surface area contributed by atoms with Crippen molar-refractivity contribution in [1.82, 2.24) is 37.2 Å². The van der Waals surface area contributed by atoms with E-state index in [2.05, 4.69) is 37.2 Å². The molecule has 31 heteroatoms. The highest BCUT2D eigenvalue weighted by Gasteiger charge is 2.53. The van der Waals surface area contributed by atoms with E-state index >= 15 is 0 Å². The van der Waals surface area contributed by atoms with E-state index in [0.717, 1.165) is 39.5 Å². The van der Waals surface area contributed by atoms with E-state index in [1.54, 1.807) is 0 Å². The van der Waals surface area contributed by atoms with Crippen molar-refractivity contribution in [1.29, 1.82) is 0 Å². The fourth-order valence-electron chi connectivity index (χ4n) is 6.58. The van der Waals surface area contributed by atoms with Crippen molar-refractivity contribution in [3.05, 3.63) is 0 Å². The van der Waals surface area contributed by atoms with Crippen molar-refractivity contribution in [3.8, 4) is 0 Å². The molecule has 0 aromatic carbocycles. The predicted octanol–water partition coefficient (Wildman–Crippen LogP) is -8.51. The molecule has 392 valence electrons.